The maximum Gasteiger partial charge on any atom is 0.323 e. The summed E-state index contributed by atoms with van der Waals surface area (Å²) in [4.78, 5) is 37.9. The molecular weight excluding hydrogens is 391 g/mol. The molecule has 0 aliphatic carbocycles. The molecule has 0 saturated carbocycles. The zero-order valence-electron chi connectivity index (χ0n) is 15.2. The van der Waals surface area contributed by atoms with E-state index in [1.54, 1.807) is 0 Å². The number of ether oxygens (including phenoxy) is 1. The van der Waals surface area contributed by atoms with E-state index < -0.39 is 41.0 Å². The van der Waals surface area contributed by atoms with E-state index in [0.717, 1.165) is 11.0 Å². The minimum absolute atomic E-state index is 0.115. The SMILES string of the molecule is COCCCN1C(=O)c2ccc(NC(=O)Nc3ccc(F)c(F)c3F)cc2C1=O. The third-order valence-electron chi connectivity index (χ3n) is 4.24. The van der Waals surface area contributed by atoms with Crippen molar-refractivity contribution in [3.8, 4) is 0 Å². The molecule has 0 aromatic heterocycles. The number of amides is 4. The zero-order chi connectivity index (χ0) is 21.1. The zero-order valence-corrected chi connectivity index (χ0v) is 15.2. The fourth-order valence-corrected chi connectivity index (χ4v) is 2.85. The molecule has 10 heteroatoms. The van der Waals surface area contributed by atoms with Crippen LogP contribution in [0.15, 0.2) is 30.3 Å². The fraction of sp³-hybridized carbons (Fsp3) is 0.211. The van der Waals surface area contributed by atoms with Crippen LogP contribution in [0.1, 0.15) is 27.1 Å². The van der Waals surface area contributed by atoms with Crippen LogP contribution in [0.25, 0.3) is 0 Å². The Morgan fingerprint density at radius 2 is 1.72 bits per heavy atom. The first-order valence-corrected chi connectivity index (χ1v) is 8.54. The van der Waals surface area contributed by atoms with Crippen molar-refractivity contribution in [3.05, 3.63) is 58.9 Å². The van der Waals surface area contributed by atoms with Crippen LogP contribution in [-0.2, 0) is 4.74 Å². The number of carbonyl (C=O) groups is 3. The smallest absolute Gasteiger partial charge is 0.323 e. The van der Waals surface area contributed by atoms with Crippen molar-refractivity contribution in [2.45, 2.75) is 6.42 Å². The number of rotatable bonds is 6. The summed E-state index contributed by atoms with van der Waals surface area (Å²) in [6, 6.07) is 4.70. The summed E-state index contributed by atoms with van der Waals surface area (Å²) in [5.74, 6) is -5.58. The largest absolute Gasteiger partial charge is 0.385 e. The Balaban J connectivity index is 1.71. The Labute approximate surface area is 163 Å². The normalized spacial score (nSPS) is 12.9. The summed E-state index contributed by atoms with van der Waals surface area (Å²) in [6.45, 7) is 0.583. The molecule has 0 fully saturated rings. The second-order valence-electron chi connectivity index (χ2n) is 6.17. The highest BCUT2D eigenvalue weighted by Gasteiger charge is 2.35. The summed E-state index contributed by atoms with van der Waals surface area (Å²) >= 11 is 0. The van der Waals surface area contributed by atoms with E-state index in [4.69, 9.17) is 4.74 Å². The average molecular weight is 407 g/mol. The number of hydrogen-bond acceptors (Lipinski definition) is 4. The Morgan fingerprint density at radius 3 is 2.45 bits per heavy atom. The Hall–Kier alpha value is -3.40. The van der Waals surface area contributed by atoms with Crippen molar-refractivity contribution in [2.75, 3.05) is 30.9 Å². The highest BCUT2D eigenvalue weighted by atomic mass is 19.2. The first kappa shape index (κ1) is 20.3. The standard InChI is InChI=1S/C19H16F3N3O4/c1-29-8-2-7-25-17(26)11-4-3-10(9-12(11)18(25)27)23-19(28)24-14-6-5-13(20)15(21)16(14)22/h3-6,9H,2,7-8H2,1H3,(H2,23,24,28). The van der Waals surface area contributed by atoms with Gasteiger partial charge in [-0.3, -0.25) is 14.5 Å². The number of methoxy groups -OCH3 is 1. The van der Waals surface area contributed by atoms with Gasteiger partial charge in [-0.1, -0.05) is 0 Å². The number of fused-ring (bicyclic) bond motifs is 1. The van der Waals surface area contributed by atoms with Crippen molar-refractivity contribution >= 4 is 29.2 Å². The highest BCUT2D eigenvalue weighted by Crippen LogP contribution is 2.26. The molecule has 4 amide bonds. The van der Waals surface area contributed by atoms with E-state index in [2.05, 4.69) is 5.32 Å². The monoisotopic (exact) mass is 407 g/mol. The molecule has 1 heterocycles. The highest BCUT2D eigenvalue weighted by molar-refractivity contribution is 6.22. The number of carbonyl (C=O) groups excluding carboxylic acids is 3. The van der Waals surface area contributed by atoms with Gasteiger partial charge in [0.2, 0.25) is 0 Å². The Morgan fingerprint density at radius 1 is 1.00 bits per heavy atom. The lowest BCUT2D eigenvalue weighted by atomic mass is 10.1. The van der Waals surface area contributed by atoms with Crippen LogP contribution >= 0.6 is 0 Å². The van der Waals surface area contributed by atoms with Crippen LogP contribution in [0.5, 0.6) is 0 Å². The molecule has 2 aromatic carbocycles. The quantitative estimate of drug-likeness (QED) is 0.437. The number of benzene rings is 2. The maximum atomic E-state index is 13.7. The molecule has 3 rings (SSSR count). The maximum absolute atomic E-state index is 13.7. The third-order valence-corrected chi connectivity index (χ3v) is 4.24. The van der Waals surface area contributed by atoms with Gasteiger partial charge in [-0.2, -0.15) is 0 Å². The van der Waals surface area contributed by atoms with Gasteiger partial charge in [0.25, 0.3) is 11.8 Å². The molecule has 0 unspecified atom stereocenters. The van der Waals surface area contributed by atoms with Gasteiger partial charge in [-0.25, -0.2) is 18.0 Å². The average Bonchev–Trinajstić information content (AvgIpc) is 2.93. The van der Waals surface area contributed by atoms with Crippen LogP contribution in [0.4, 0.5) is 29.3 Å². The summed E-state index contributed by atoms with van der Waals surface area (Å²) in [7, 11) is 1.51. The van der Waals surface area contributed by atoms with Crippen molar-refractivity contribution < 1.29 is 32.3 Å². The van der Waals surface area contributed by atoms with Gasteiger partial charge >= 0.3 is 6.03 Å². The van der Waals surface area contributed by atoms with Gasteiger partial charge in [-0.15, -0.1) is 0 Å². The molecular formula is C19H16F3N3O4. The number of halogens is 3. The summed E-state index contributed by atoms with van der Waals surface area (Å²) in [5.41, 5.74) is -0.0866. The summed E-state index contributed by atoms with van der Waals surface area (Å²) in [6.07, 6.45) is 0.481. The minimum Gasteiger partial charge on any atom is -0.385 e. The van der Waals surface area contributed by atoms with E-state index in [0.29, 0.717) is 19.1 Å². The molecule has 152 valence electrons. The number of imide groups is 1. The molecule has 29 heavy (non-hydrogen) atoms. The lowest BCUT2D eigenvalue weighted by Crippen LogP contribution is -2.31. The van der Waals surface area contributed by atoms with Crippen molar-refractivity contribution in [1.29, 1.82) is 0 Å². The Bertz CT molecular complexity index is 997. The van der Waals surface area contributed by atoms with Crippen LogP contribution in [0.2, 0.25) is 0 Å². The number of hydrogen-bond donors (Lipinski definition) is 2. The molecule has 1 aliphatic rings. The predicted molar refractivity (Wildman–Crippen MR) is 97.3 cm³/mol. The van der Waals surface area contributed by atoms with Gasteiger partial charge < -0.3 is 15.4 Å². The molecule has 0 atom stereocenters. The van der Waals surface area contributed by atoms with Crippen molar-refractivity contribution in [2.24, 2.45) is 0 Å². The van der Waals surface area contributed by atoms with E-state index in [1.807, 2.05) is 5.32 Å². The van der Waals surface area contributed by atoms with Crippen LogP contribution < -0.4 is 10.6 Å². The molecule has 0 spiro atoms. The molecule has 7 nitrogen and oxygen atoms in total. The first-order chi connectivity index (χ1) is 13.8. The predicted octanol–water partition coefficient (Wildman–Crippen LogP) is 3.38. The number of urea groups is 1. The molecule has 0 saturated heterocycles. The van der Waals surface area contributed by atoms with Gasteiger partial charge in [-0.05, 0) is 36.8 Å². The lowest BCUT2D eigenvalue weighted by molar-refractivity contribution is 0.0638. The summed E-state index contributed by atoms with van der Waals surface area (Å²) < 4.78 is 44.8. The van der Waals surface area contributed by atoms with Crippen LogP contribution in [-0.4, -0.2) is 43.0 Å². The number of nitrogens with zero attached hydrogens (tertiary/aromatic N) is 1. The second kappa shape index (κ2) is 8.31. The molecule has 2 aromatic rings. The van der Waals surface area contributed by atoms with E-state index >= 15 is 0 Å². The number of anilines is 2. The van der Waals surface area contributed by atoms with E-state index in [-0.39, 0.29) is 23.4 Å². The number of nitrogens with one attached hydrogen (secondary N) is 2. The lowest BCUT2D eigenvalue weighted by Gasteiger charge is -2.12. The van der Waals surface area contributed by atoms with Crippen LogP contribution in [0.3, 0.4) is 0 Å². The first-order valence-electron chi connectivity index (χ1n) is 8.54. The fourth-order valence-electron chi connectivity index (χ4n) is 2.85. The molecule has 1 aliphatic heterocycles. The third kappa shape index (κ3) is 4.06. The van der Waals surface area contributed by atoms with Gasteiger partial charge in [0, 0.05) is 25.9 Å². The van der Waals surface area contributed by atoms with E-state index in [9.17, 15) is 27.6 Å². The van der Waals surface area contributed by atoms with Gasteiger partial charge in [0.1, 0.15) is 0 Å². The molecule has 2 N–H and O–H groups in total. The van der Waals surface area contributed by atoms with Crippen molar-refractivity contribution in [3.63, 3.8) is 0 Å². The molecule has 0 radical (unpaired) electrons. The van der Waals surface area contributed by atoms with Gasteiger partial charge in [0.05, 0.1) is 16.8 Å². The van der Waals surface area contributed by atoms with Gasteiger partial charge in [0.15, 0.2) is 17.5 Å². The topological polar surface area (TPSA) is 87.7 Å². The minimum atomic E-state index is -1.71. The van der Waals surface area contributed by atoms with Crippen LogP contribution in [0, 0.1) is 17.5 Å². The molecule has 0 bridgehead atoms. The summed E-state index contributed by atoms with van der Waals surface area (Å²) in [5, 5.41) is 4.40. The van der Waals surface area contributed by atoms with E-state index in [1.165, 1.54) is 25.3 Å². The van der Waals surface area contributed by atoms with Crippen molar-refractivity contribution in [1.82, 2.24) is 4.90 Å². The Kier molecular flexibility index (Phi) is 5.83. The second-order valence-corrected chi connectivity index (χ2v) is 6.17.